The highest BCUT2D eigenvalue weighted by Gasteiger charge is 2.24. The fourth-order valence-electron chi connectivity index (χ4n) is 2.74. The van der Waals surface area contributed by atoms with Crippen LogP contribution in [-0.2, 0) is 11.2 Å². The fraction of sp³-hybridized carbons (Fsp3) is 0.429. The van der Waals surface area contributed by atoms with Gasteiger partial charge in [-0.25, -0.2) is 0 Å². The monoisotopic (exact) mass is 259 g/mol. The molecule has 100 valence electrons. The number of fused-ring (bicyclic) bond motifs is 1. The van der Waals surface area contributed by atoms with Crippen LogP contribution in [0.4, 0.5) is 5.69 Å². The molecule has 2 heterocycles. The van der Waals surface area contributed by atoms with Crippen LogP contribution >= 0.6 is 0 Å². The molecule has 1 fully saturated rings. The first kappa shape index (κ1) is 12.2. The second-order valence-corrected chi connectivity index (χ2v) is 5.25. The molecule has 1 unspecified atom stereocenters. The van der Waals surface area contributed by atoms with E-state index in [1.54, 1.807) is 17.0 Å². The third-order valence-electron chi connectivity index (χ3n) is 3.72. The highest BCUT2D eigenvalue weighted by molar-refractivity contribution is 6.01. The maximum absolute atomic E-state index is 12.4. The zero-order valence-electron chi connectivity index (χ0n) is 10.7. The SMILES string of the molecule is NC1CCCN(C(=O)c2ccc3c(c2)CC(=O)N3)C1. The van der Waals surface area contributed by atoms with Gasteiger partial charge in [-0.3, -0.25) is 9.59 Å². The standard InChI is InChI=1S/C14H17N3O2/c15-11-2-1-5-17(8-11)14(19)9-3-4-12-10(6-9)7-13(18)16-12/h3-4,6,11H,1-2,5,7-8,15H2,(H,16,18). The molecule has 1 atom stereocenters. The molecule has 0 spiro atoms. The van der Waals surface area contributed by atoms with E-state index < -0.39 is 0 Å². The predicted molar refractivity (Wildman–Crippen MR) is 71.9 cm³/mol. The van der Waals surface area contributed by atoms with Crippen LogP contribution < -0.4 is 11.1 Å². The number of benzene rings is 1. The van der Waals surface area contributed by atoms with Crippen molar-refractivity contribution in [3.8, 4) is 0 Å². The first-order chi connectivity index (χ1) is 9.13. The average Bonchev–Trinajstić information content (AvgIpc) is 2.76. The Hall–Kier alpha value is -1.88. The maximum Gasteiger partial charge on any atom is 0.253 e. The minimum absolute atomic E-state index is 0.0114. The van der Waals surface area contributed by atoms with Crippen molar-refractivity contribution < 1.29 is 9.59 Å². The van der Waals surface area contributed by atoms with E-state index in [9.17, 15) is 9.59 Å². The number of nitrogens with zero attached hydrogens (tertiary/aromatic N) is 1. The second-order valence-electron chi connectivity index (χ2n) is 5.25. The number of hydrogen-bond donors (Lipinski definition) is 2. The molecule has 5 nitrogen and oxygen atoms in total. The smallest absolute Gasteiger partial charge is 0.253 e. The molecule has 5 heteroatoms. The van der Waals surface area contributed by atoms with Crippen LogP contribution in [0.5, 0.6) is 0 Å². The van der Waals surface area contributed by atoms with Crippen LogP contribution in [0.2, 0.25) is 0 Å². The summed E-state index contributed by atoms with van der Waals surface area (Å²) in [5, 5.41) is 2.77. The number of likely N-dealkylation sites (tertiary alicyclic amines) is 1. The molecule has 1 saturated heterocycles. The molecule has 1 aromatic carbocycles. The van der Waals surface area contributed by atoms with Gasteiger partial charge < -0.3 is 16.0 Å². The molecule has 0 bridgehead atoms. The summed E-state index contributed by atoms with van der Waals surface area (Å²) < 4.78 is 0. The van der Waals surface area contributed by atoms with Gasteiger partial charge in [0, 0.05) is 30.4 Å². The normalized spacial score (nSPS) is 22.1. The quantitative estimate of drug-likeness (QED) is 0.781. The molecule has 1 aromatic rings. The van der Waals surface area contributed by atoms with Gasteiger partial charge in [0.2, 0.25) is 5.91 Å². The van der Waals surface area contributed by atoms with E-state index in [0.717, 1.165) is 30.6 Å². The molecular formula is C14H17N3O2. The third-order valence-corrected chi connectivity index (χ3v) is 3.72. The summed E-state index contributed by atoms with van der Waals surface area (Å²) >= 11 is 0. The lowest BCUT2D eigenvalue weighted by atomic mass is 10.0. The number of anilines is 1. The molecule has 19 heavy (non-hydrogen) atoms. The van der Waals surface area contributed by atoms with Crippen LogP contribution in [0, 0.1) is 0 Å². The molecule has 2 amide bonds. The Kier molecular flexibility index (Phi) is 2.98. The first-order valence-corrected chi connectivity index (χ1v) is 6.61. The van der Waals surface area contributed by atoms with E-state index in [1.807, 2.05) is 6.07 Å². The Morgan fingerprint density at radius 2 is 2.26 bits per heavy atom. The number of piperidine rings is 1. The molecule has 0 aliphatic carbocycles. The van der Waals surface area contributed by atoms with Crippen LogP contribution in [-0.4, -0.2) is 35.8 Å². The predicted octanol–water partition coefficient (Wildman–Crippen LogP) is 0.744. The van der Waals surface area contributed by atoms with Gasteiger partial charge in [-0.15, -0.1) is 0 Å². The van der Waals surface area contributed by atoms with Gasteiger partial charge in [0.15, 0.2) is 0 Å². The first-order valence-electron chi connectivity index (χ1n) is 6.61. The second kappa shape index (κ2) is 4.66. The van der Waals surface area contributed by atoms with E-state index in [0.29, 0.717) is 18.5 Å². The summed E-state index contributed by atoms with van der Waals surface area (Å²) in [5.74, 6) is -0.00288. The van der Waals surface area contributed by atoms with Crippen LogP contribution in [0.3, 0.4) is 0 Å². The summed E-state index contributed by atoms with van der Waals surface area (Å²) in [6.45, 7) is 1.38. The van der Waals surface area contributed by atoms with Crippen molar-refractivity contribution in [2.24, 2.45) is 5.73 Å². The summed E-state index contributed by atoms with van der Waals surface area (Å²) in [5.41, 5.74) is 8.26. The van der Waals surface area contributed by atoms with Crippen molar-refractivity contribution in [2.45, 2.75) is 25.3 Å². The Morgan fingerprint density at radius 1 is 1.42 bits per heavy atom. The zero-order valence-corrected chi connectivity index (χ0v) is 10.7. The van der Waals surface area contributed by atoms with E-state index in [1.165, 1.54) is 0 Å². The molecule has 0 radical (unpaired) electrons. The number of hydrogen-bond acceptors (Lipinski definition) is 3. The van der Waals surface area contributed by atoms with Crippen LogP contribution in [0.1, 0.15) is 28.8 Å². The van der Waals surface area contributed by atoms with Gasteiger partial charge in [-0.2, -0.15) is 0 Å². The number of nitrogens with two attached hydrogens (primary N) is 1. The molecule has 3 rings (SSSR count). The third kappa shape index (κ3) is 2.33. The van der Waals surface area contributed by atoms with Crippen molar-refractivity contribution >= 4 is 17.5 Å². The molecular weight excluding hydrogens is 242 g/mol. The summed E-state index contributed by atoms with van der Waals surface area (Å²) in [6, 6.07) is 5.47. The number of amides is 2. The highest BCUT2D eigenvalue weighted by Crippen LogP contribution is 2.24. The van der Waals surface area contributed by atoms with Crippen molar-refractivity contribution in [1.29, 1.82) is 0 Å². The number of carbonyl (C=O) groups is 2. The van der Waals surface area contributed by atoms with E-state index in [-0.39, 0.29) is 17.9 Å². The van der Waals surface area contributed by atoms with Crippen LogP contribution in [0.25, 0.3) is 0 Å². The zero-order chi connectivity index (χ0) is 13.4. The van der Waals surface area contributed by atoms with Crippen LogP contribution in [0.15, 0.2) is 18.2 Å². The molecule has 2 aliphatic heterocycles. The summed E-state index contributed by atoms with van der Waals surface area (Å²) in [7, 11) is 0. The fourth-order valence-corrected chi connectivity index (χ4v) is 2.74. The lowest BCUT2D eigenvalue weighted by Crippen LogP contribution is -2.45. The Morgan fingerprint density at radius 3 is 3.05 bits per heavy atom. The molecule has 0 aromatic heterocycles. The largest absolute Gasteiger partial charge is 0.337 e. The topological polar surface area (TPSA) is 75.4 Å². The molecule has 0 saturated carbocycles. The highest BCUT2D eigenvalue weighted by atomic mass is 16.2. The van der Waals surface area contributed by atoms with Crippen molar-refractivity contribution in [3.63, 3.8) is 0 Å². The van der Waals surface area contributed by atoms with Crippen molar-refractivity contribution in [3.05, 3.63) is 29.3 Å². The Bertz CT molecular complexity index is 541. The summed E-state index contributed by atoms with van der Waals surface area (Å²) in [6.07, 6.45) is 2.29. The van der Waals surface area contributed by atoms with Gasteiger partial charge in [-0.1, -0.05) is 0 Å². The van der Waals surface area contributed by atoms with Gasteiger partial charge in [0.05, 0.1) is 6.42 Å². The number of rotatable bonds is 1. The maximum atomic E-state index is 12.4. The number of carbonyl (C=O) groups excluding carboxylic acids is 2. The molecule has 2 aliphatic rings. The Labute approximate surface area is 111 Å². The Balaban J connectivity index is 1.81. The van der Waals surface area contributed by atoms with E-state index in [4.69, 9.17) is 5.73 Å². The lowest BCUT2D eigenvalue weighted by molar-refractivity contribution is -0.115. The molecule has 3 N–H and O–H groups in total. The van der Waals surface area contributed by atoms with Gasteiger partial charge in [0.25, 0.3) is 5.91 Å². The summed E-state index contributed by atoms with van der Waals surface area (Å²) in [4.78, 5) is 25.5. The average molecular weight is 259 g/mol. The van der Waals surface area contributed by atoms with Gasteiger partial charge >= 0.3 is 0 Å². The number of nitrogens with one attached hydrogen (secondary N) is 1. The van der Waals surface area contributed by atoms with Gasteiger partial charge in [-0.05, 0) is 36.6 Å². The van der Waals surface area contributed by atoms with E-state index >= 15 is 0 Å². The van der Waals surface area contributed by atoms with E-state index in [2.05, 4.69) is 5.32 Å². The minimum Gasteiger partial charge on any atom is -0.337 e. The van der Waals surface area contributed by atoms with Crippen molar-refractivity contribution in [2.75, 3.05) is 18.4 Å². The minimum atomic E-state index is -0.0143. The van der Waals surface area contributed by atoms with Crippen molar-refractivity contribution in [1.82, 2.24) is 4.90 Å². The lowest BCUT2D eigenvalue weighted by Gasteiger charge is -2.30. The van der Waals surface area contributed by atoms with Gasteiger partial charge in [0.1, 0.15) is 0 Å².